The van der Waals surface area contributed by atoms with Crippen molar-refractivity contribution < 1.29 is 19.8 Å². The van der Waals surface area contributed by atoms with Crippen LogP contribution in [0.2, 0.25) is 0 Å². The van der Waals surface area contributed by atoms with Crippen molar-refractivity contribution in [3.63, 3.8) is 0 Å². The van der Waals surface area contributed by atoms with Crippen molar-refractivity contribution in [2.24, 2.45) is 0 Å². The molecule has 8 nitrogen and oxygen atoms in total. The number of carbonyl (C=O) groups is 2. The summed E-state index contributed by atoms with van der Waals surface area (Å²) in [6.45, 7) is 26.8. The van der Waals surface area contributed by atoms with E-state index >= 15 is 0 Å². The van der Waals surface area contributed by atoms with E-state index in [4.69, 9.17) is 9.97 Å². The molecule has 7 aromatic rings. The number of rotatable bonds is 6. The highest BCUT2D eigenvalue weighted by atomic mass is 16.4. The topological polar surface area (TPSA) is 132 Å². The minimum absolute atomic E-state index is 0.156. The van der Waals surface area contributed by atoms with Crippen LogP contribution in [-0.2, 0) is 21.7 Å². The standard InChI is InChI=1S/C62H62N4O4/c1-59(2,3)41-29-39(30-42(33-41)60(4,5)6)55-49-25-21-45(63-49)53(35-13-17-37(18-14-35)57(67)68)47-23-27-51(65-47)56(40-31-43(61(7,8)9)34-44(32-40)62(10,11)12)52-28-24-48(66-52)54(46-22-26-50(55)64-46)36-15-19-38(20-16-36)58(69)70/h13-34,63,66H,1-12H3,(H,67,68)(H,69,70). The van der Waals surface area contributed by atoms with Gasteiger partial charge in [0.15, 0.2) is 0 Å². The van der Waals surface area contributed by atoms with Crippen molar-refractivity contribution >= 4 is 58.3 Å². The van der Waals surface area contributed by atoms with Gasteiger partial charge in [0.1, 0.15) is 0 Å². The fourth-order valence-electron chi connectivity index (χ4n) is 9.26. The number of nitrogens with zero attached hydrogens (tertiary/aromatic N) is 2. The van der Waals surface area contributed by atoms with Gasteiger partial charge in [-0.2, -0.15) is 0 Å². The predicted molar refractivity (Wildman–Crippen MR) is 289 cm³/mol. The molecule has 4 aromatic carbocycles. The van der Waals surface area contributed by atoms with Crippen LogP contribution >= 0.6 is 0 Å². The number of carboxylic acids is 2. The zero-order valence-corrected chi connectivity index (χ0v) is 42.3. The zero-order valence-electron chi connectivity index (χ0n) is 42.3. The van der Waals surface area contributed by atoms with Crippen LogP contribution in [0.1, 0.15) is 149 Å². The monoisotopic (exact) mass is 926 g/mol. The fourth-order valence-corrected chi connectivity index (χ4v) is 9.26. The highest BCUT2D eigenvalue weighted by Crippen LogP contribution is 2.42. The molecule has 0 saturated carbocycles. The van der Waals surface area contributed by atoms with Gasteiger partial charge in [0.2, 0.25) is 0 Å². The second-order valence-corrected chi connectivity index (χ2v) is 22.9. The number of aromatic nitrogens is 4. The summed E-state index contributed by atoms with van der Waals surface area (Å²) < 4.78 is 0. The Morgan fingerprint density at radius 1 is 0.357 bits per heavy atom. The lowest BCUT2D eigenvalue weighted by molar-refractivity contribution is 0.0686. The number of fused-ring (bicyclic) bond motifs is 8. The summed E-state index contributed by atoms with van der Waals surface area (Å²) in [6, 6.07) is 36.1. The SMILES string of the molecule is CC(C)(C)c1cc(-c2c3nc(c(-c4ccc(C(=O)O)cc4)c4ccc([nH]4)c(-c4cc(C(C)(C)C)cc(C(C)(C)C)c4)c4nc(c(-c5ccc(C(=O)O)cc5)c5ccc2[nH]5)C=C4)C=C3)cc(C(C)(C)C)c1. The first kappa shape index (κ1) is 47.5. The Labute approximate surface area is 411 Å². The third-order valence-electron chi connectivity index (χ3n) is 13.5. The van der Waals surface area contributed by atoms with Gasteiger partial charge in [-0.25, -0.2) is 19.6 Å². The first-order valence-electron chi connectivity index (χ1n) is 24.0. The lowest BCUT2D eigenvalue weighted by atomic mass is 9.78. The Morgan fingerprint density at radius 3 is 0.829 bits per heavy atom. The summed E-state index contributed by atoms with van der Waals surface area (Å²) in [7, 11) is 0. The predicted octanol–water partition coefficient (Wildman–Crippen LogP) is 15.9. The Hall–Kier alpha value is -7.58. The third kappa shape index (κ3) is 9.18. The van der Waals surface area contributed by atoms with Gasteiger partial charge in [0.25, 0.3) is 0 Å². The lowest BCUT2D eigenvalue weighted by Gasteiger charge is -2.26. The van der Waals surface area contributed by atoms with E-state index in [9.17, 15) is 19.8 Å². The molecule has 2 aliphatic heterocycles. The summed E-state index contributed by atoms with van der Waals surface area (Å²) in [6.07, 6.45) is 8.25. The fraction of sp³-hybridized carbons (Fsp3) is 0.258. The molecular weight excluding hydrogens is 865 g/mol. The highest BCUT2D eigenvalue weighted by molar-refractivity contribution is 6.01. The van der Waals surface area contributed by atoms with Crippen LogP contribution in [0.3, 0.4) is 0 Å². The Kier molecular flexibility index (Phi) is 11.6. The van der Waals surface area contributed by atoms with Crippen LogP contribution in [0.4, 0.5) is 0 Å². The maximum atomic E-state index is 12.1. The molecule has 8 bridgehead atoms. The molecular formula is C62H62N4O4. The molecule has 0 radical (unpaired) electrons. The molecule has 2 aliphatic rings. The molecule has 354 valence electrons. The summed E-state index contributed by atoms with van der Waals surface area (Å²) >= 11 is 0. The van der Waals surface area contributed by atoms with E-state index in [2.05, 4.69) is 178 Å². The van der Waals surface area contributed by atoms with Crippen LogP contribution in [0.15, 0.2) is 109 Å². The number of hydrogen-bond donors (Lipinski definition) is 4. The molecule has 0 spiro atoms. The molecule has 0 unspecified atom stereocenters. The van der Waals surface area contributed by atoms with Crippen LogP contribution in [-0.4, -0.2) is 42.1 Å². The summed E-state index contributed by atoms with van der Waals surface area (Å²) in [4.78, 5) is 43.0. The summed E-state index contributed by atoms with van der Waals surface area (Å²) in [5.74, 6) is -1.99. The number of H-pyrrole nitrogens is 2. The van der Waals surface area contributed by atoms with Crippen molar-refractivity contribution in [2.45, 2.75) is 105 Å². The van der Waals surface area contributed by atoms with Gasteiger partial charge in [-0.15, -0.1) is 0 Å². The lowest BCUT2D eigenvalue weighted by Crippen LogP contribution is -2.16. The van der Waals surface area contributed by atoms with E-state index in [0.29, 0.717) is 0 Å². The van der Waals surface area contributed by atoms with E-state index in [1.165, 1.54) is 22.3 Å². The minimum Gasteiger partial charge on any atom is -0.478 e. The van der Waals surface area contributed by atoms with Crippen LogP contribution in [0.5, 0.6) is 0 Å². The molecule has 9 rings (SSSR count). The van der Waals surface area contributed by atoms with Gasteiger partial charge in [-0.3, -0.25) is 0 Å². The number of aromatic amines is 2. The molecule has 4 N–H and O–H groups in total. The average Bonchev–Trinajstić information content (AvgIpc) is 4.14. The number of nitrogens with one attached hydrogen (secondary N) is 2. The Balaban J connectivity index is 1.49. The van der Waals surface area contributed by atoms with E-state index in [1.807, 2.05) is 24.3 Å². The molecule has 0 amide bonds. The zero-order chi connectivity index (χ0) is 50.2. The van der Waals surface area contributed by atoms with Crippen molar-refractivity contribution in [1.82, 2.24) is 19.9 Å². The molecule has 0 aliphatic carbocycles. The maximum absolute atomic E-state index is 12.1. The van der Waals surface area contributed by atoms with Gasteiger partial charge in [-0.1, -0.05) is 144 Å². The molecule has 70 heavy (non-hydrogen) atoms. The van der Waals surface area contributed by atoms with Crippen molar-refractivity contribution in [3.8, 4) is 44.5 Å². The first-order valence-corrected chi connectivity index (χ1v) is 24.0. The summed E-state index contributed by atoms with van der Waals surface area (Å²) in [5.41, 5.74) is 18.0. The highest BCUT2D eigenvalue weighted by Gasteiger charge is 2.26. The van der Waals surface area contributed by atoms with Gasteiger partial charge in [0, 0.05) is 44.3 Å². The van der Waals surface area contributed by atoms with Crippen LogP contribution in [0, 0.1) is 0 Å². The second-order valence-electron chi connectivity index (χ2n) is 22.9. The normalized spacial score (nSPS) is 13.0. The summed E-state index contributed by atoms with van der Waals surface area (Å²) in [5, 5.41) is 19.9. The van der Waals surface area contributed by atoms with Gasteiger partial charge >= 0.3 is 11.9 Å². The van der Waals surface area contributed by atoms with Crippen LogP contribution in [0.25, 0.3) is 90.9 Å². The number of hydrogen-bond acceptors (Lipinski definition) is 4. The smallest absolute Gasteiger partial charge is 0.335 e. The Morgan fingerprint density at radius 2 is 0.600 bits per heavy atom. The molecule has 0 saturated heterocycles. The molecule has 0 fully saturated rings. The van der Waals surface area contributed by atoms with Crippen molar-refractivity contribution in [1.29, 1.82) is 0 Å². The van der Waals surface area contributed by atoms with Crippen molar-refractivity contribution in [2.75, 3.05) is 0 Å². The van der Waals surface area contributed by atoms with Gasteiger partial charge in [0.05, 0.1) is 33.9 Å². The van der Waals surface area contributed by atoms with E-state index in [-0.39, 0.29) is 32.8 Å². The molecule has 8 heteroatoms. The third-order valence-corrected chi connectivity index (χ3v) is 13.5. The minimum atomic E-state index is -0.993. The van der Waals surface area contributed by atoms with E-state index < -0.39 is 11.9 Å². The quantitative estimate of drug-likeness (QED) is 0.131. The number of carboxylic acid groups (broad SMARTS) is 2. The largest absolute Gasteiger partial charge is 0.478 e. The average molecular weight is 927 g/mol. The number of aromatic carboxylic acids is 2. The van der Waals surface area contributed by atoms with Gasteiger partial charge in [-0.05, 0) is 139 Å². The first-order chi connectivity index (χ1) is 32.8. The molecule has 0 atom stereocenters. The molecule has 3 aromatic heterocycles. The van der Waals surface area contributed by atoms with Gasteiger partial charge < -0.3 is 20.2 Å². The Bertz CT molecular complexity index is 3200. The molecule has 5 heterocycles. The van der Waals surface area contributed by atoms with E-state index in [1.54, 1.807) is 24.3 Å². The van der Waals surface area contributed by atoms with E-state index in [0.717, 1.165) is 89.4 Å². The van der Waals surface area contributed by atoms with Crippen LogP contribution < -0.4 is 0 Å². The second kappa shape index (κ2) is 17.1. The van der Waals surface area contributed by atoms with Crippen molar-refractivity contribution in [3.05, 3.63) is 165 Å². The number of benzene rings is 4. The maximum Gasteiger partial charge on any atom is 0.335 e.